The third-order valence-electron chi connectivity index (χ3n) is 2.69. The number of aromatic amines is 1. The molecule has 0 aliphatic heterocycles. The molecule has 0 unspecified atom stereocenters. The first-order valence-corrected chi connectivity index (χ1v) is 5.83. The SMILES string of the molecule is COC(=O)c1cc(NCc2cnc(C)[nH]2)c(F)cc1F. The highest BCUT2D eigenvalue weighted by Crippen LogP contribution is 2.20. The number of hydrogen-bond acceptors (Lipinski definition) is 4. The molecule has 0 saturated heterocycles. The lowest BCUT2D eigenvalue weighted by atomic mass is 10.1. The number of H-pyrrole nitrogens is 1. The number of esters is 1. The molecule has 0 aliphatic carbocycles. The van der Waals surface area contributed by atoms with Gasteiger partial charge >= 0.3 is 5.97 Å². The predicted molar refractivity (Wildman–Crippen MR) is 68.3 cm³/mol. The van der Waals surface area contributed by atoms with E-state index in [1.54, 1.807) is 13.1 Å². The summed E-state index contributed by atoms with van der Waals surface area (Å²) in [6, 6.07) is 1.73. The molecule has 2 aromatic rings. The quantitative estimate of drug-likeness (QED) is 0.844. The fourth-order valence-electron chi connectivity index (χ4n) is 1.70. The highest BCUT2D eigenvalue weighted by molar-refractivity contribution is 5.90. The second-order valence-corrected chi connectivity index (χ2v) is 4.15. The molecule has 0 saturated carbocycles. The topological polar surface area (TPSA) is 67.0 Å². The van der Waals surface area contributed by atoms with Crippen molar-refractivity contribution in [2.45, 2.75) is 13.5 Å². The van der Waals surface area contributed by atoms with Crippen molar-refractivity contribution in [1.82, 2.24) is 9.97 Å². The molecule has 0 aliphatic rings. The Hall–Kier alpha value is -2.44. The maximum absolute atomic E-state index is 13.6. The Balaban J connectivity index is 2.20. The van der Waals surface area contributed by atoms with E-state index >= 15 is 0 Å². The summed E-state index contributed by atoms with van der Waals surface area (Å²) >= 11 is 0. The summed E-state index contributed by atoms with van der Waals surface area (Å²) in [6.07, 6.45) is 1.60. The van der Waals surface area contributed by atoms with Gasteiger partial charge in [0.1, 0.15) is 17.5 Å². The third kappa shape index (κ3) is 2.93. The second-order valence-electron chi connectivity index (χ2n) is 4.15. The van der Waals surface area contributed by atoms with Crippen LogP contribution < -0.4 is 5.32 Å². The number of nitrogens with one attached hydrogen (secondary N) is 2. The number of imidazole rings is 1. The first-order chi connectivity index (χ1) is 9.51. The lowest BCUT2D eigenvalue weighted by Gasteiger charge is -2.09. The molecule has 0 radical (unpaired) electrons. The van der Waals surface area contributed by atoms with Gasteiger partial charge < -0.3 is 15.0 Å². The first kappa shape index (κ1) is 14.0. The zero-order chi connectivity index (χ0) is 14.7. The van der Waals surface area contributed by atoms with Crippen molar-refractivity contribution in [2.24, 2.45) is 0 Å². The van der Waals surface area contributed by atoms with Gasteiger partial charge in [0, 0.05) is 6.07 Å². The Labute approximate surface area is 114 Å². The zero-order valence-corrected chi connectivity index (χ0v) is 11.0. The second kappa shape index (κ2) is 5.68. The summed E-state index contributed by atoms with van der Waals surface area (Å²) in [4.78, 5) is 18.3. The Bertz CT molecular complexity index is 641. The molecule has 106 valence electrons. The van der Waals surface area contributed by atoms with Crippen LogP contribution in [0.15, 0.2) is 18.3 Å². The fourth-order valence-corrected chi connectivity index (χ4v) is 1.70. The minimum Gasteiger partial charge on any atom is -0.465 e. The summed E-state index contributed by atoms with van der Waals surface area (Å²) < 4.78 is 31.5. The number of rotatable bonds is 4. The lowest BCUT2D eigenvalue weighted by Crippen LogP contribution is -2.08. The van der Waals surface area contributed by atoms with Gasteiger partial charge in [-0.3, -0.25) is 0 Å². The van der Waals surface area contributed by atoms with E-state index in [1.807, 2.05) is 0 Å². The van der Waals surface area contributed by atoms with E-state index in [1.165, 1.54) is 0 Å². The monoisotopic (exact) mass is 281 g/mol. The van der Waals surface area contributed by atoms with Gasteiger partial charge in [0.2, 0.25) is 0 Å². The van der Waals surface area contributed by atoms with E-state index in [0.717, 1.165) is 24.7 Å². The molecule has 0 spiro atoms. The molecule has 0 amide bonds. The molecular weight excluding hydrogens is 268 g/mol. The van der Waals surface area contributed by atoms with Gasteiger partial charge in [0.05, 0.1) is 36.8 Å². The summed E-state index contributed by atoms with van der Waals surface area (Å²) in [5.41, 5.74) is 0.432. The number of methoxy groups -OCH3 is 1. The van der Waals surface area contributed by atoms with Crippen LogP contribution in [0.4, 0.5) is 14.5 Å². The largest absolute Gasteiger partial charge is 0.465 e. The summed E-state index contributed by atoms with van der Waals surface area (Å²) in [7, 11) is 1.13. The molecule has 5 nitrogen and oxygen atoms in total. The number of hydrogen-bond donors (Lipinski definition) is 2. The van der Waals surface area contributed by atoms with Crippen molar-refractivity contribution in [3.63, 3.8) is 0 Å². The molecule has 0 fully saturated rings. The van der Waals surface area contributed by atoms with E-state index in [4.69, 9.17) is 0 Å². The third-order valence-corrected chi connectivity index (χ3v) is 2.69. The Morgan fingerprint density at radius 3 is 2.75 bits per heavy atom. The van der Waals surface area contributed by atoms with Crippen LogP contribution in [0.3, 0.4) is 0 Å². The molecule has 1 heterocycles. The van der Waals surface area contributed by atoms with Crippen molar-refractivity contribution in [1.29, 1.82) is 0 Å². The van der Waals surface area contributed by atoms with Crippen LogP contribution >= 0.6 is 0 Å². The first-order valence-electron chi connectivity index (χ1n) is 5.83. The van der Waals surface area contributed by atoms with Crippen LogP contribution in [-0.2, 0) is 11.3 Å². The highest BCUT2D eigenvalue weighted by Gasteiger charge is 2.16. The van der Waals surface area contributed by atoms with Crippen LogP contribution in [-0.4, -0.2) is 23.0 Å². The Kier molecular flexibility index (Phi) is 3.97. The average Bonchev–Trinajstić information content (AvgIpc) is 2.83. The van der Waals surface area contributed by atoms with Gasteiger partial charge in [0.25, 0.3) is 0 Å². The van der Waals surface area contributed by atoms with Gasteiger partial charge in [-0.25, -0.2) is 18.6 Å². The normalized spacial score (nSPS) is 10.4. The van der Waals surface area contributed by atoms with Crippen LogP contribution in [0.5, 0.6) is 0 Å². The Morgan fingerprint density at radius 2 is 2.15 bits per heavy atom. The summed E-state index contributed by atoms with van der Waals surface area (Å²) in [5.74, 6) is -1.87. The highest BCUT2D eigenvalue weighted by atomic mass is 19.1. The van der Waals surface area contributed by atoms with Crippen molar-refractivity contribution < 1.29 is 18.3 Å². The van der Waals surface area contributed by atoms with E-state index in [2.05, 4.69) is 20.0 Å². The number of halogens is 2. The molecule has 0 atom stereocenters. The number of aryl methyl sites for hydroxylation is 1. The minimum atomic E-state index is -0.961. The number of carbonyl (C=O) groups is 1. The number of anilines is 1. The smallest absolute Gasteiger partial charge is 0.340 e. The molecule has 20 heavy (non-hydrogen) atoms. The van der Waals surface area contributed by atoms with Crippen LogP contribution in [0.25, 0.3) is 0 Å². The molecule has 7 heteroatoms. The molecular formula is C13H13F2N3O2. The van der Waals surface area contributed by atoms with Gasteiger partial charge in [-0.15, -0.1) is 0 Å². The molecule has 2 N–H and O–H groups in total. The average molecular weight is 281 g/mol. The zero-order valence-electron chi connectivity index (χ0n) is 11.0. The van der Waals surface area contributed by atoms with Crippen LogP contribution in [0.1, 0.15) is 21.9 Å². The van der Waals surface area contributed by atoms with Crippen molar-refractivity contribution in [2.75, 3.05) is 12.4 Å². The predicted octanol–water partition coefficient (Wildman–Crippen LogP) is 2.40. The molecule has 2 rings (SSSR count). The fraction of sp³-hybridized carbons (Fsp3) is 0.231. The number of benzene rings is 1. The molecule has 1 aromatic heterocycles. The summed E-state index contributed by atoms with van der Waals surface area (Å²) in [5, 5.41) is 2.77. The van der Waals surface area contributed by atoms with Gasteiger partial charge in [-0.1, -0.05) is 0 Å². The maximum Gasteiger partial charge on any atom is 0.340 e. The summed E-state index contributed by atoms with van der Waals surface area (Å²) in [6.45, 7) is 2.06. The van der Waals surface area contributed by atoms with Gasteiger partial charge in [-0.05, 0) is 13.0 Å². The van der Waals surface area contributed by atoms with Crippen LogP contribution in [0, 0.1) is 18.6 Å². The minimum absolute atomic E-state index is 0.0130. The van der Waals surface area contributed by atoms with Crippen LogP contribution in [0.2, 0.25) is 0 Å². The number of nitrogens with zero attached hydrogens (tertiary/aromatic N) is 1. The van der Waals surface area contributed by atoms with Gasteiger partial charge in [-0.2, -0.15) is 0 Å². The number of aromatic nitrogens is 2. The van der Waals surface area contributed by atoms with E-state index in [0.29, 0.717) is 6.07 Å². The van der Waals surface area contributed by atoms with Crippen molar-refractivity contribution in [3.05, 3.63) is 47.0 Å². The van der Waals surface area contributed by atoms with Gasteiger partial charge in [0.15, 0.2) is 0 Å². The molecule has 0 bridgehead atoms. The van der Waals surface area contributed by atoms with E-state index in [9.17, 15) is 13.6 Å². The van der Waals surface area contributed by atoms with Crippen molar-refractivity contribution in [3.8, 4) is 0 Å². The standard InChI is InChI=1S/C13H13F2N3O2/c1-7-16-5-8(18-7)6-17-12-3-9(13(19)20-2)10(14)4-11(12)15/h3-5,17H,6H2,1-2H3,(H,16,18). The lowest BCUT2D eigenvalue weighted by molar-refractivity contribution is 0.0595. The number of ether oxygens (including phenoxy) is 1. The Morgan fingerprint density at radius 1 is 1.40 bits per heavy atom. The maximum atomic E-state index is 13.6. The van der Waals surface area contributed by atoms with E-state index in [-0.39, 0.29) is 17.8 Å². The number of carbonyl (C=O) groups excluding carboxylic acids is 1. The van der Waals surface area contributed by atoms with E-state index < -0.39 is 17.6 Å². The van der Waals surface area contributed by atoms with Crippen molar-refractivity contribution >= 4 is 11.7 Å². The molecule has 1 aromatic carbocycles.